The number of rotatable bonds is 3. The third kappa shape index (κ3) is 2.60. The number of hydrogen-bond donors (Lipinski definition) is 1. The van der Waals surface area contributed by atoms with Gasteiger partial charge in [0.25, 0.3) is 5.60 Å². The summed E-state index contributed by atoms with van der Waals surface area (Å²) in [7, 11) is 0. The monoisotopic (exact) mass is 349 g/mol. The zero-order chi connectivity index (χ0) is 18.2. The highest BCUT2D eigenvalue weighted by atomic mass is 19.4. The summed E-state index contributed by atoms with van der Waals surface area (Å²) < 4.78 is 45.7. The Morgan fingerprint density at radius 3 is 2.48 bits per heavy atom. The maximum Gasteiger partial charge on any atom is 0.432 e. The van der Waals surface area contributed by atoms with Crippen LogP contribution in [0.25, 0.3) is 21.7 Å². The van der Waals surface area contributed by atoms with E-state index in [0.717, 1.165) is 6.07 Å². The van der Waals surface area contributed by atoms with Gasteiger partial charge in [0.15, 0.2) is 0 Å². The van der Waals surface area contributed by atoms with Crippen molar-refractivity contribution in [3.05, 3.63) is 54.2 Å². The van der Waals surface area contributed by atoms with Crippen LogP contribution in [0.2, 0.25) is 0 Å². The molecule has 0 saturated carbocycles. The predicted molar refractivity (Wildman–Crippen MR) is 85.8 cm³/mol. The van der Waals surface area contributed by atoms with E-state index in [1.54, 1.807) is 30.3 Å². The number of alkyl halides is 3. The second-order valence-electron chi connectivity index (χ2n) is 5.47. The lowest BCUT2D eigenvalue weighted by Gasteiger charge is -2.29. The number of carbonyl (C=O) groups excluding carboxylic acids is 1. The molecule has 1 N–H and O–H groups in total. The highest BCUT2D eigenvalue weighted by molar-refractivity contribution is 6.08. The Balaban J connectivity index is 2.43. The number of aromatic nitrogens is 1. The van der Waals surface area contributed by atoms with Crippen LogP contribution in [0.4, 0.5) is 13.2 Å². The number of carbonyl (C=O) groups is 1. The average Bonchev–Trinajstić information content (AvgIpc) is 2.59. The van der Waals surface area contributed by atoms with Crippen LogP contribution in [-0.4, -0.2) is 28.8 Å². The molecule has 3 rings (SSSR count). The van der Waals surface area contributed by atoms with Crippen LogP contribution in [0.15, 0.2) is 48.7 Å². The fourth-order valence-corrected chi connectivity index (χ4v) is 2.83. The maximum absolute atomic E-state index is 13.7. The van der Waals surface area contributed by atoms with Crippen molar-refractivity contribution in [1.29, 1.82) is 0 Å². The van der Waals surface area contributed by atoms with Crippen LogP contribution in [0.5, 0.6) is 0 Å². The highest BCUT2D eigenvalue weighted by Crippen LogP contribution is 2.44. The summed E-state index contributed by atoms with van der Waals surface area (Å²) in [6, 6.07) is 10.7. The number of hydrogen-bond acceptors (Lipinski definition) is 4. The summed E-state index contributed by atoms with van der Waals surface area (Å²) >= 11 is 0. The van der Waals surface area contributed by atoms with Crippen molar-refractivity contribution in [3.8, 4) is 0 Å². The number of aliphatic hydroxyl groups is 1. The van der Waals surface area contributed by atoms with Gasteiger partial charge in [-0.05, 0) is 18.4 Å². The van der Waals surface area contributed by atoms with Crippen LogP contribution in [0, 0.1) is 0 Å². The molecular weight excluding hydrogens is 335 g/mol. The van der Waals surface area contributed by atoms with E-state index in [4.69, 9.17) is 0 Å². The van der Waals surface area contributed by atoms with E-state index in [-0.39, 0.29) is 17.5 Å². The number of benzene rings is 2. The fraction of sp³-hybridized carbons (Fsp3) is 0.222. The third-order valence-electron chi connectivity index (χ3n) is 3.99. The Morgan fingerprint density at radius 2 is 1.80 bits per heavy atom. The lowest BCUT2D eigenvalue weighted by Crippen LogP contribution is -2.50. The van der Waals surface area contributed by atoms with Gasteiger partial charge in [-0.1, -0.05) is 36.4 Å². The van der Waals surface area contributed by atoms with Gasteiger partial charge in [0, 0.05) is 22.5 Å². The van der Waals surface area contributed by atoms with Crippen LogP contribution >= 0.6 is 0 Å². The normalized spacial score (nSPS) is 14.4. The molecule has 130 valence electrons. The predicted octanol–water partition coefficient (Wildman–Crippen LogP) is 3.70. The number of pyridine rings is 1. The van der Waals surface area contributed by atoms with E-state index >= 15 is 0 Å². The SMILES string of the molecule is CCOC(=O)C(O)(c1cccc2ccc3cccnc3c12)C(F)(F)F. The van der Waals surface area contributed by atoms with E-state index in [1.807, 2.05) is 0 Å². The molecule has 1 heterocycles. The van der Waals surface area contributed by atoms with Crippen molar-refractivity contribution >= 4 is 27.6 Å². The van der Waals surface area contributed by atoms with E-state index in [2.05, 4.69) is 9.72 Å². The highest BCUT2D eigenvalue weighted by Gasteiger charge is 2.62. The number of halogens is 3. The van der Waals surface area contributed by atoms with Crippen molar-refractivity contribution in [2.24, 2.45) is 0 Å². The van der Waals surface area contributed by atoms with Crippen molar-refractivity contribution in [3.63, 3.8) is 0 Å². The van der Waals surface area contributed by atoms with Crippen LogP contribution < -0.4 is 0 Å². The molecule has 0 aliphatic rings. The molecular formula is C18H14F3NO3. The van der Waals surface area contributed by atoms with Gasteiger partial charge in [0.1, 0.15) is 0 Å². The summed E-state index contributed by atoms with van der Waals surface area (Å²) in [6.45, 7) is 1.08. The quantitative estimate of drug-likeness (QED) is 0.579. The first-order valence-corrected chi connectivity index (χ1v) is 7.54. The van der Waals surface area contributed by atoms with Crippen molar-refractivity contribution in [2.75, 3.05) is 6.61 Å². The van der Waals surface area contributed by atoms with E-state index < -0.39 is 23.3 Å². The first kappa shape index (κ1) is 17.2. The minimum atomic E-state index is -5.26. The minimum Gasteiger partial charge on any atom is -0.463 e. The molecule has 4 nitrogen and oxygen atoms in total. The molecule has 0 spiro atoms. The molecule has 0 amide bonds. The molecule has 0 aliphatic carbocycles. The Kier molecular flexibility index (Phi) is 4.12. The van der Waals surface area contributed by atoms with Crippen LogP contribution in [0.1, 0.15) is 12.5 Å². The smallest absolute Gasteiger partial charge is 0.432 e. The van der Waals surface area contributed by atoms with Crippen LogP contribution in [0.3, 0.4) is 0 Å². The Hall–Kier alpha value is -2.67. The third-order valence-corrected chi connectivity index (χ3v) is 3.99. The molecule has 0 bridgehead atoms. The molecule has 25 heavy (non-hydrogen) atoms. The van der Waals surface area contributed by atoms with E-state index in [0.29, 0.717) is 10.8 Å². The molecule has 3 aromatic rings. The zero-order valence-electron chi connectivity index (χ0n) is 13.2. The number of esters is 1. The van der Waals surface area contributed by atoms with Gasteiger partial charge in [-0.2, -0.15) is 13.2 Å². The fourth-order valence-electron chi connectivity index (χ4n) is 2.83. The van der Waals surface area contributed by atoms with Crippen molar-refractivity contribution < 1.29 is 27.8 Å². The van der Waals surface area contributed by atoms with Gasteiger partial charge < -0.3 is 9.84 Å². The first-order chi connectivity index (χ1) is 11.8. The van der Waals surface area contributed by atoms with E-state index in [9.17, 15) is 23.1 Å². The zero-order valence-corrected chi connectivity index (χ0v) is 13.2. The minimum absolute atomic E-state index is 0.0634. The van der Waals surface area contributed by atoms with Gasteiger partial charge in [-0.3, -0.25) is 4.98 Å². The van der Waals surface area contributed by atoms with Gasteiger partial charge in [-0.15, -0.1) is 0 Å². The number of ether oxygens (including phenoxy) is 1. The summed E-state index contributed by atoms with van der Waals surface area (Å²) in [4.78, 5) is 16.2. The molecule has 1 atom stereocenters. The summed E-state index contributed by atoms with van der Waals surface area (Å²) in [5.41, 5.74) is -4.11. The van der Waals surface area contributed by atoms with Crippen LogP contribution in [-0.2, 0) is 15.1 Å². The summed E-state index contributed by atoms with van der Waals surface area (Å²) in [6.07, 6.45) is -3.82. The second-order valence-corrected chi connectivity index (χ2v) is 5.47. The largest absolute Gasteiger partial charge is 0.463 e. The molecule has 0 saturated heterocycles. The number of fused-ring (bicyclic) bond motifs is 3. The van der Waals surface area contributed by atoms with Gasteiger partial charge >= 0.3 is 12.1 Å². The molecule has 1 unspecified atom stereocenters. The Bertz CT molecular complexity index is 955. The van der Waals surface area contributed by atoms with Gasteiger partial charge in [-0.25, -0.2) is 4.79 Å². The van der Waals surface area contributed by atoms with Gasteiger partial charge in [0.2, 0.25) is 0 Å². The van der Waals surface area contributed by atoms with Gasteiger partial charge in [0.05, 0.1) is 12.1 Å². The molecule has 0 radical (unpaired) electrons. The van der Waals surface area contributed by atoms with E-state index in [1.165, 1.54) is 19.2 Å². The van der Waals surface area contributed by atoms with Crippen molar-refractivity contribution in [1.82, 2.24) is 4.98 Å². The first-order valence-electron chi connectivity index (χ1n) is 7.54. The molecule has 7 heteroatoms. The summed E-state index contributed by atoms with van der Waals surface area (Å²) in [5.74, 6) is -1.76. The lowest BCUT2D eigenvalue weighted by molar-refractivity contribution is -0.267. The summed E-state index contributed by atoms with van der Waals surface area (Å²) in [5, 5.41) is 11.5. The van der Waals surface area contributed by atoms with Crippen molar-refractivity contribution in [2.45, 2.75) is 18.7 Å². The maximum atomic E-state index is 13.7. The Labute approximate surface area is 140 Å². The number of nitrogens with zero attached hydrogens (tertiary/aromatic N) is 1. The topological polar surface area (TPSA) is 59.4 Å². The average molecular weight is 349 g/mol. The Morgan fingerprint density at radius 1 is 1.12 bits per heavy atom. The standard InChI is InChI=1S/C18H14F3NO3/c1-2-25-16(23)17(24,18(19,20)21)13-7-3-5-11-8-9-12-6-4-10-22-15(12)14(11)13/h3-10,24H,2H2,1H3. The second kappa shape index (κ2) is 6.00. The molecule has 1 aromatic heterocycles. The molecule has 0 fully saturated rings. The molecule has 2 aromatic carbocycles. The molecule has 0 aliphatic heterocycles. The lowest BCUT2D eigenvalue weighted by atomic mass is 9.87.